The van der Waals surface area contributed by atoms with E-state index < -0.39 is 0 Å². The van der Waals surface area contributed by atoms with Crippen LogP contribution in [0.15, 0.2) is 54.1 Å². The highest BCUT2D eigenvalue weighted by Crippen LogP contribution is 2.17. The Morgan fingerprint density at radius 1 is 1.19 bits per heavy atom. The Morgan fingerprint density at radius 2 is 1.89 bits per heavy atom. The monoisotopic (exact) mass is 359 g/mol. The molecular weight excluding hydrogens is 338 g/mol. The molecule has 2 aromatic rings. The fraction of sp³-hybridized carbons (Fsp3) is 0.227. The molecule has 0 spiro atoms. The molecule has 5 heteroatoms. The summed E-state index contributed by atoms with van der Waals surface area (Å²) in [6, 6.07) is 18.5. The van der Waals surface area contributed by atoms with Crippen molar-refractivity contribution < 1.29 is 9.53 Å². The van der Waals surface area contributed by atoms with Gasteiger partial charge < -0.3 is 10.1 Å². The Kier molecular flexibility index (Phi) is 7.16. The van der Waals surface area contributed by atoms with E-state index in [1.54, 1.807) is 36.4 Å². The average Bonchev–Trinajstić information content (AvgIpc) is 2.71. The van der Waals surface area contributed by atoms with E-state index in [9.17, 15) is 10.1 Å². The summed E-state index contributed by atoms with van der Waals surface area (Å²) in [6.07, 6.45) is 2.35. The van der Waals surface area contributed by atoms with Crippen LogP contribution in [0.1, 0.15) is 37.0 Å². The first-order chi connectivity index (χ1) is 13.1. The van der Waals surface area contributed by atoms with Gasteiger partial charge in [0.2, 0.25) is 0 Å². The molecule has 1 atom stereocenters. The van der Waals surface area contributed by atoms with E-state index in [1.165, 1.54) is 0 Å². The van der Waals surface area contributed by atoms with Crippen molar-refractivity contribution in [1.29, 1.82) is 10.5 Å². The van der Waals surface area contributed by atoms with Gasteiger partial charge in [-0.15, -0.1) is 0 Å². The molecule has 27 heavy (non-hydrogen) atoms. The van der Waals surface area contributed by atoms with E-state index in [4.69, 9.17) is 10.00 Å². The van der Waals surface area contributed by atoms with Gasteiger partial charge in [-0.3, -0.25) is 4.79 Å². The number of ether oxygens (including phenoxy) is 1. The van der Waals surface area contributed by atoms with Gasteiger partial charge in [-0.2, -0.15) is 10.5 Å². The van der Waals surface area contributed by atoms with Crippen LogP contribution in [0.3, 0.4) is 0 Å². The SMILES string of the molecule is CC[C@@H](C)NC(=O)/C(C#N)=C/c1ccc(OCc2ccccc2C#N)cc1. The number of carbonyl (C=O) groups excluding carboxylic acids is 1. The summed E-state index contributed by atoms with van der Waals surface area (Å²) in [5.74, 6) is 0.266. The number of carbonyl (C=O) groups is 1. The van der Waals surface area contributed by atoms with Gasteiger partial charge in [0.1, 0.15) is 24.0 Å². The summed E-state index contributed by atoms with van der Waals surface area (Å²) >= 11 is 0. The van der Waals surface area contributed by atoms with Crippen LogP contribution in [0.4, 0.5) is 0 Å². The standard InChI is InChI=1S/C22H21N3O2/c1-3-16(2)25-22(26)20(14-24)12-17-8-10-21(11-9-17)27-15-19-7-5-4-6-18(19)13-23/h4-12,16H,3,15H2,1-2H3,(H,25,26)/b20-12+/t16-/m1/s1. The highest BCUT2D eigenvalue weighted by Gasteiger charge is 2.11. The number of benzene rings is 2. The van der Waals surface area contributed by atoms with Gasteiger partial charge >= 0.3 is 0 Å². The Labute approximate surface area is 159 Å². The Hall–Kier alpha value is -3.57. The van der Waals surface area contributed by atoms with Gasteiger partial charge in [0.25, 0.3) is 5.91 Å². The van der Waals surface area contributed by atoms with E-state index in [0.717, 1.165) is 17.5 Å². The van der Waals surface area contributed by atoms with Gasteiger partial charge in [0.15, 0.2) is 0 Å². The third-order valence-corrected chi connectivity index (χ3v) is 4.08. The maximum absolute atomic E-state index is 12.1. The first kappa shape index (κ1) is 19.8. The first-order valence-corrected chi connectivity index (χ1v) is 8.71. The molecule has 0 unspecified atom stereocenters. The van der Waals surface area contributed by atoms with Crippen molar-refractivity contribution in [3.05, 3.63) is 70.8 Å². The third-order valence-electron chi connectivity index (χ3n) is 4.08. The molecule has 0 aliphatic rings. The molecule has 0 heterocycles. The second-order valence-corrected chi connectivity index (χ2v) is 6.08. The van der Waals surface area contributed by atoms with Crippen LogP contribution in [0.2, 0.25) is 0 Å². The highest BCUT2D eigenvalue weighted by atomic mass is 16.5. The van der Waals surface area contributed by atoms with Gasteiger partial charge in [0.05, 0.1) is 11.6 Å². The zero-order valence-electron chi connectivity index (χ0n) is 15.4. The number of hydrogen-bond acceptors (Lipinski definition) is 4. The van der Waals surface area contributed by atoms with Crippen LogP contribution in [-0.2, 0) is 11.4 Å². The predicted octanol–water partition coefficient (Wildman–Crippen LogP) is 3.96. The van der Waals surface area contributed by atoms with Crippen LogP contribution >= 0.6 is 0 Å². The molecule has 0 aliphatic heterocycles. The lowest BCUT2D eigenvalue weighted by molar-refractivity contribution is -0.117. The lowest BCUT2D eigenvalue weighted by Crippen LogP contribution is -2.32. The summed E-state index contributed by atoms with van der Waals surface area (Å²) in [6.45, 7) is 4.15. The summed E-state index contributed by atoms with van der Waals surface area (Å²) < 4.78 is 5.72. The fourth-order valence-electron chi connectivity index (χ4n) is 2.30. The van der Waals surface area contributed by atoms with Gasteiger partial charge in [-0.1, -0.05) is 37.3 Å². The van der Waals surface area contributed by atoms with Gasteiger partial charge in [-0.05, 0) is 43.2 Å². The van der Waals surface area contributed by atoms with Crippen LogP contribution in [0.5, 0.6) is 5.75 Å². The van der Waals surface area contributed by atoms with E-state index in [-0.39, 0.29) is 17.5 Å². The third kappa shape index (κ3) is 5.73. The van der Waals surface area contributed by atoms with Crippen molar-refractivity contribution in [3.63, 3.8) is 0 Å². The summed E-state index contributed by atoms with van der Waals surface area (Å²) in [5.41, 5.74) is 2.20. The summed E-state index contributed by atoms with van der Waals surface area (Å²) in [4.78, 5) is 12.1. The minimum atomic E-state index is -0.375. The number of nitrogens with one attached hydrogen (secondary N) is 1. The zero-order chi connectivity index (χ0) is 19.6. The lowest BCUT2D eigenvalue weighted by atomic mass is 10.1. The van der Waals surface area contributed by atoms with Crippen LogP contribution < -0.4 is 10.1 Å². The van der Waals surface area contributed by atoms with Crippen molar-refractivity contribution in [2.75, 3.05) is 0 Å². The molecule has 0 aromatic heterocycles. The van der Waals surface area contributed by atoms with Crippen LogP contribution in [0, 0.1) is 22.7 Å². The summed E-state index contributed by atoms with van der Waals surface area (Å²) in [5, 5.41) is 21.1. The molecule has 136 valence electrons. The Balaban J connectivity index is 2.05. The molecule has 2 aromatic carbocycles. The minimum Gasteiger partial charge on any atom is -0.489 e. The van der Waals surface area contributed by atoms with Crippen molar-refractivity contribution in [2.45, 2.75) is 32.9 Å². The van der Waals surface area contributed by atoms with Gasteiger partial charge in [-0.25, -0.2) is 0 Å². The number of hydrogen-bond donors (Lipinski definition) is 1. The molecule has 0 saturated carbocycles. The van der Waals surface area contributed by atoms with Crippen molar-refractivity contribution >= 4 is 12.0 Å². The molecule has 1 N–H and O–H groups in total. The Morgan fingerprint density at radius 3 is 2.52 bits per heavy atom. The lowest BCUT2D eigenvalue weighted by Gasteiger charge is -2.10. The topological polar surface area (TPSA) is 85.9 Å². The number of rotatable bonds is 7. The average molecular weight is 359 g/mol. The number of amides is 1. The number of nitriles is 2. The second kappa shape index (κ2) is 9.79. The normalized spacial score (nSPS) is 11.8. The maximum atomic E-state index is 12.1. The predicted molar refractivity (Wildman–Crippen MR) is 103 cm³/mol. The summed E-state index contributed by atoms with van der Waals surface area (Å²) in [7, 11) is 0. The van der Waals surface area contributed by atoms with E-state index in [2.05, 4.69) is 11.4 Å². The molecular formula is C22H21N3O2. The zero-order valence-corrected chi connectivity index (χ0v) is 15.4. The Bertz CT molecular complexity index is 902. The van der Waals surface area contributed by atoms with E-state index >= 15 is 0 Å². The molecule has 5 nitrogen and oxygen atoms in total. The molecule has 0 saturated heterocycles. The quantitative estimate of drug-likeness (QED) is 0.599. The fourth-order valence-corrected chi connectivity index (χ4v) is 2.30. The van der Waals surface area contributed by atoms with Crippen LogP contribution in [0.25, 0.3) is 6.08 Å². The largest absolute Gasteiger partial charge is 0.489 e. The molecule has 2 rings (SSSR count). The van der Waals surface area contributed by atoms with Crippen LogP contribution in [-0.4, -0.2) is 11.9 Å². The van der Waals surface area contributed by atoms with Crippen molar-refractivity contribution in [2.24, 2.45) is 0 Å². The smallest absolute Gasteiger partial charge is 0.262 e. The maximum Gasteiger partial charge on any atom is 0.262 e. The van der Waals surface area contributed by atoms with E-state index in [1.807, 2.05) is 38.1 Å². The first-order valence-electron chi connectivity index (χ1n) is 8.71. The minimum absolute atomic E-state index is 0.0151. The molecule has 0 bridgehead atoms. The second-order valence-electron chi connectivity index (χ2n) is 6.08. The van der Waals surface area contributed by atoms with E-state index in [0.29, 0.717) is 17.9 Å². The molecule has 0 aliphatic carbocycles. The molecule has 0 radical (unpaired) electrons. The molecule has 1 amide bonds. The highest BCUT2D eigenvalue weighted by molar-refractivity contribution is 6.01. The van der Waals surface area contributed by atoms with Gasteiger partial charge in [0, 0.05) is 11.6 Å². The molecule has 0 fully saturated rings. The van der Waals surface area contributed by atoms with Crippen molar-refractivity contribution in [3.8, 4) is 17.9 Å². The number of nitrogens with zero attached hydrogens (tertiary/aromatic N) is 2. The van der Waals surface area contributed by atoms with Crippen molar-refractivity contribution in [1.82, 2.24) is 5.32 Å².